The SMILES string of the molecule is C[C@@H](c1ccccc1)[C@H](N)C(=O)N1CCCCO1.O=C(O)C(F)(F)F. The van der Waals surface area contributed by atoms with Crippen molar-refractivity contribution in [1.29, 1.82) is 0 Å². The average Bonchev–Trinajstić information content (AvgIpc) is 2.61. The summed E-state index contributed by atoms with van der Waals surface area (Å²) < 4.78 is 31.7. The highest BCUT2D eigenvalue weighted by Gasteiger charge is 2.38. The minimum absolute atomic E-state index is 0.00998. The second kappa shape index (κ2) is 9.38. The molecule has 1 saturated heterocycles. The molecule has 0 saturated carbocycles. The Labute approximate surface area is 143 Å². The molecule has 140 valence electrons. The summed E-state index contributed by atoms with van der Waals surface area (Å²) in [6.45, 7) is 3.23. The smallest absolute Gasteiger partial charge is 0.475 e. The molecule has 0 bridgehead atoms. The lowest BCUT2D eigenvalue weighted by Crippen LogP contribution is -2.48. The van der Waals surface area contributed by atoms with E-state index in [1.54, 1.807) is 0 Å². The number of alkyl halides is 3. The van der Waals surface area contributed by atoms with Crippen molar-refractivity contribution in [1.82, 2.24) is 5.06 Å². The molecule has 1 heterocycles. The van der Waals surface area contributed by atoms with Crippen molar-refractivity contribution < 1.29 is 32.7 Å². The van der Waals surface area contributed by atoms with Crippen molar-refractivity contribution in [3.05, 3.63) is 35.9 Å². The molecular formula is C16H21F3N2O4. The number of hydroxylamine groups is 2. The van der Waals surface area contributed by atoms with E-state index in [1.807, 2.05) is 37.3 Å². The summed E-state index contributed by atoms with van der Waals surface area (Å²) in [4.78, 5) is 26.4. The van der Waals surface area contributed by atoms with Crippen LogP contribution in [0.25, 0.3) is 0 Å². The van der Waals surface area contributed by atoms with E-state index in [2.05, 4.69) is 0 Å². The first kappa shape index (κ1) is 20.9. The lowest BCUT2D eigenvalue weighted by Gasteiger charge is -2.30. The number of aliphatic carboxylic acids is 1. The van der Waals surface area contributed by atoms with Gasteiger partial charge in [-0.05, 0) is 18.4 Å². The second-order valence-corrected chi connectivity index (χ2v) is 5.51. The molecule has 2 rings (SSSR count). The number of benzene rings is 1. The molecule has 2 atom stereocenters. The predicted molar refractivity (Wildman–Crippen MR) is 83.4 cm³/mol. The van der Waals surface area contributed by atoms with E-state index in [4.69, 9.17) is 20.5 Å². The van der Waals surface area contributed by atoms with Gasteiger partial charge in [-0.2, -0.15) is 13.2 Å². The molecule has 1 aliphatic heterocycles. The van der Waals surface area contributed by atoms with Gasteiger partial charge in [0, 0.05) is 12.5 Å². The molecule has 0 aromatic heterocycles. The van der Waals surface area contributed by atoms with Crippen molar-refractivity contribution >= 4 is 11.9 Å². The Morgan fingerprint density at radius 3 is 2.24 bits per heavy atom. The largest absolute Gasteiger partial charge is 0.490 e. The van der Waals surface area contributed by atoms with Gasteiger partial charge >= 0.3 is 12.1 Å². The number of carbonyl (C=O) groups excluding carboxylic acids is 1. The van der Waals surface area contributed by atoms with Gasteiger partial charge in [-0.15, -0.1) is 0 Å². The van der Waals surface area contributed by atoms with E-state index >= 15 is 0 Å². The zero-order valence-corrected chi connectivity index (χ0v) is 13.7. The first-order valence-electron chi connectivity index (χ1n) is 7.69. The molecule has 0 unspecified atom stereocenters. The summed E-state index contributed by atoms with van der Waals surface area (Å²) in [7, 11) is 0. The van der Waals surface area contributed by atoms with Crippen molar-refractivity contribution in [3.8, 4) is 0 Å². The van der Waals surface area contributed by atoms with Crippen LogP contribution in [0.2, 0.25) is 0 Å². The number of hydrogen-bond donors (Lipinski definition) is 2. The minimum atomic E-state index is -5.08. The topological polar surface area (TPSA) is 92.9 Å². The minimum Gasteiger partial charge on any atom is -0.475 e. The van der Waals surface area contributed by atoms with Gasteiger partial charge in [0.1, 0.15) is 0 Å². The third kappa shape index (κ3) is 6.71. The molecule has 0 radical (unpaired) electrons. The number of carboxylic acids is 1. The molecule has 6 nitrogen and oxygen atoms in total. The first-order valence-corrected chi connectivity index (χ1v) is 7.69. The van der Waals surface area contributed by atoms with E-state index in [9.17, 15) is 18.0 Å². The third-order valence-corrected chi connectivity index (χ3v) is 3.64. The highest BCUT2D eigenvalue weighted by molar-refractivity contribution is 5.81. The van der Waals surface area contributed by atoms with Gasteiger partial charge < -0.3 is 10.8 Å². The molecule has 1 amide bonds. The summed E-state index contributed by atoms with van der Waals surface area (Å²) >= 11 is 0. The fourth-order valence-electron chi connectivity index (χ4n) is 2.11. The van der Waals surface area contributed by atoms with Gasteiger partial charge in [-0.3, -0.25) is 9.63 Å². The Hall–Kier alpha value is -2.13. The summed E-state index contributed by atoms with van der Waals surface area (Å²) in [6.07, 6.45) is -3.09. The lowest BCUT2D eigenvalue weighted by atomic mass is 9.93. The van der Waals surface area contributed by atoms with Crippen LogP contribution in [0.3, 0.4) is 0 Å². The predicted octanol–water partition coefficient (Wildman–Crippen LogP) is 2.30. The zero-order chi connectivity index (χ0) is 19.0. The summed E-state index contributed by atoms with van der Waals surface area (Å²) in [5, 5.41) is 8.55. The van der Waals surface area contributed by atoms with Crippen molar-refractivity contribution in [3.63, 3.8) is 0 Å². The Morgan fingerprint density at radius 2 is 1.80 bits per heavy atom. The van der Waals surface area contributed by atoms with E-state index in [1.165, 1.54) is 5.06 Å². The molecule has 1 aliphatic rings. The summed E-state index contributed by atoms with van der Waals surface area (Å²) in [5.74, 6) is -2.89. The van der Waals surface area contributed by atoms with Crippen LogP contribution in [0.15, 0.2) is 30.3 Å². The number of amides is 1. The number of carboxylic acid groups (broad SMARTS) is 1. The van der Waals surface area contributed by atoms with E-state index in [0.29, 0.717) is 13.2 Å². The van der Waals surface area contributed by atoms with E-state index in [-0.39, 0.29) is 11.8 Å². The van der Waals surface area contributed by atoms with Crippen LogP contribution in [0.5, 0.6) is 0 Å². The maximum Gasteiger partial charge on any atom is 0.490 e. The highest BCUT2D eigenvalue weighted by Crippen LogP contribution is 2.20. The van der Waals surface area contributed by atoms with Gasteiger partial charge in [0.05, 0.1) is 12.6 Å². The zero-order valence-electron chi connectivity index (χ0n) is 13.7. The van der Waals surface area contributed by atoms with E-state index < -0.39 is 18.2 Å². The fraction of sp³-hybridized carbons (Fsp3) is 0.500. The Balaban J connectivity index is 0.000000381. The molecule has 1 aromatic rings. The van der Waals surface area contributed by atoms with Gasteiger partial charge in [-0.25, -0.2) is 9.86 Å². The number of carbonyl (C=O) groups is 2. The summed E-state index contributed by atoms with van der Waals surface area (Å²) in [5.41, 5.74) is 7.13. The molecule has 9 heteroatoms. The molecular weight excluding hydrogens is 341 g/mol. The summed E-state index contributed by atoms with van der Waals surface area (Å²) in [6, 6.07) is 9.31. The Morgan fingerprint density at radius 1 is 1.24 bits per heavy atom. The maximum absolute atomic E-state index is 12.2. The second-order valence-electron chi connectivity index (χ2n) is 5.51. The van der Waals surface area contributed by atoms with Gasteiger partial charge in [0.15, 0.2) is 0 Å². The van der Waals surface area contributed by atoms with E-state index in [0.717, 1.165) is 18.4 Å². The van der Waals surface area contributed by atoms with Crippen LogP contribution in [0, 0.1) is 0 Å². The van der Waals surface area contributed by atoms with Crippen LogP contribution >= 0.6 is 0 Å². The van der Waals surface area contributed by atoms with Crippen LogP contribution < -0.4 is 5.73 Å². The van der Waals surface area contributed by atoms with Crippen LogP contribution in [0.1, 0.15) is 31.2 Å². The molecule has 1 fully saturated rings. The number of halogens is 3. The third-order valence-electron chi connectivity index (χ3n) is 3.64. The monoisotopic (exact) mass is 362 g/mol. The first-order chi connectivity index (χ1) is 11.6. The number of nitrogens with zero attached hydrogens (tertiary/aromatic N) is 1. The fourth-order valence-corrected chi connectivity index (χ4v) is 2.11. The van der Waals surface area contributed by atoms with Crippen LogP contribution in [0.4, 0.5) is 13.2 Å². The number of nitrogens with two attached hydrogens (primary N) is 1. The van der Waals surface area contributed by atoms with Crippen LogP contribution in [-0.2, 0) is 14.4 Å². The van der Waals surface area contributed by atoms with Gasteiger partial charge in [0.2, 0.25) is 0 Å². The van der Waals surface area contributed by atoms with Gasteiger partial charge in [0.25, 0.3) is 5.91 Å². The van der Waals surface area contributed by atoms with Crippen molar-refractivity contribution in [2.75, 3.05) is 13.2 Å². The lowest BCUT2D eigenvalue weighted by molar-refractivity contribution is -0.198. The molecule has 0 spiro atoms. The normalized spacial score (nSPS) is 17.1. The Kier molecular flexibility index (Phi) is 7.85. The maximum atomic E-state index is 12.2. The van der Waals surface area contributed by atoms with Gasteiger partial charge in [-0.1, -0.05) is 37.3 Å². The quantitative estimate of drug-likeness (QED) is 0.861. The van der Waals surface area contributed by atoms with Crippen molar-refractivity contribution in [2.45, 2.75) is 37.9 Å². The van der Waals surface area contributed by atoms with Crippen LogP contribution in [-0.4, -0.2) is 47.4 Å². The molecule has 25 heavy (non-hydrogen) atoms. The average molecular weight is 362 g/mol. The highest BCUT2D eigenvalue weighted by atomic mass is 19.4. The Bertz CT molecular complexity index is 560. The molecule has 0 aliphatic carbocycles. The molecule has 3 N–H and O–H groups in total. The standard InChI is InChI=1S/C14H20N2O2.C2HF3O2/c1-11(12-7-3-2-4-8-12)13(15)14(17)16-9-5-6-10-18-16;3-2(4,5)1(6)7/h2-4,7-8,11,13H,5-6,9-10,15H2,1H3;(H,6,7)/t11-,13-;/m0./s1. The molecule has 1 aromatic carbocycles. The number of rotatable bonds is 3. The number of hydrogen-bond acceptors (Lipinski definition) is 4. The van der Waals surface area contributed by atoms with Crippen molar-refractivity contribution in [2.24, 2.45) is 5.73 Å².